The van der Waals surface area contributed by atoms with E-state index < -0.39 is 50.9 Å². The predicted octanol–water partition coefficient (Wildman–Crippen LogP) is 1.72. The second kappa shape index (κ2) is 9.48. The van der Waals surface area contributed by atoms with Crippen LogP contribution >= 0.6 is 0 Å². The predicted molar refractivity (Wildman–Crippen MR) is 102 cm³/mol. The van der Waals surface area contributed by atoms with E-state index in [1.54, 1.807) is 4.72 Å². The van der Waals surface area contributed by atoms with Crippen molar-refractivity contribution in [1.29, 1.82) is 5.26 Å². The standard InChI is InChI=1S/C19H16F3N3O5S/c20-19(21,22)14-3-1-2-13(11-14)17(27)24-16(10-12-4-6-15(26)7-5-12)18(28)25-31(29,30)9-8-23/h1-7,11,16,26H,9-10H2,(H,24,27)(H,25,28). The molecule has 12 heteroatoms. The highest BCUT2D eigenvalue weighted by Gasteiger charge is 2.31. The molecule has 8 nitrogen and oxygen atoms in total. The molecule has 0 fully saturated rings. The maximum Gasteiger partial charge on any atom is 0.416 e. The zero-order valence-electron chi connectivity index (χ0n) is 15.7. The lowest BCUT2D eigenvalue weighted by atomic mass is 10.0. The Hall–Kier alpha value is -3.59. The summed E-state index contributed by atoms with van der Waals surface area (Å²) < 4.78 is 63.8. The Morgan fingerprint density at radius 2 is 1.77 bits per heavy atom. The number of amides is 2. The summed E-state index contributed by atoms with van der Waals surface area (Å²) in [6.07, 6.45) is -4.93. The van der Waals surface area contributed by atoms with Crippen LogP contribution in [0.25, 0.3) is 0 Å². The normalized spacial score (nSPS) is 12.5. The molecule has 0 aliphatic carbocycles. The number of benzene rings is 2. The number of nitrogens with one attached hydrogen (secondary N) is 2. The van der Waals surface area contributed by atoms with Crippen LogP contribution in [0.5, 0.6) is 5.75 Å². The number of phenols is 1. The number of carbonyl (C=O) groups excluding carboxylic acids is 2. The lowest BCUT2D eigenvalue weighted by Gasteiger charge is -2.19. The molecule has 31 heavy (non-hydrogen) atoms. The van der Waals surface area contributed by atoms with Gasteiger partial charge in [0, 0.05) is 12.0 Å². The fourth-order valence-corrected chi connectivity index (χ4v) is 3.19. The number of hydrogen-bond acceptors (Lipinski definition) is 6. The fourth-order valence-electron chi connectivity index (χ4n) is 2.50. The van der Waals surface area contributed by atoms with Crippen molar-refractivity contribution in [2.75, 3.05) is 5.75 Å². The van der Waals surface area contributed by atoms with Crippen LogP contribution in [-0.4, -0.2) is 37.1 Å². The molecule has 3 N–H and O–H groups in total. The number of rotatable bonds is 7. The van der Waals surface area contributed by atoms with Crippen molar-refractivity contribution < 1.29 is 36.3 Å². The molecule has 2 aromatic carbocycles. The van der Waals surface area contributed by atoms with Gasteiger partial charge in [0.25, 0.3) is 11.8 Å². The molecule has 0 saturated heterocycles. The smallest absolute Gasteiger partial charge is 0.416 e. The maximum atomic E-state index is 12.9. The van der Waals surface area contributed by atoms with E-state index in [0.717, 1.165) is 18.2 Å². The molecule has 1 unspecified atom stereocenters. The SMILES string of the molecule is N#CCS(=O)(=O)NC(=O)C(Cc1ccc(O)cc1)NC(=O)c1cccc(C(F)(F)F)c1. The summed E-state index contributed by atoms with van der Waals surface area (Å²) in [7, 11) is -4.30. The van der Waals surface area contributed by atoms with Gasteiger partial charge in [-0.05, 0) is 35.9 Å². The number of carbonyl (C=O) groups is 2. The summed E-state index contributed by atoms with van der Waals surface area (Å²) >= 11 is 0. The number of halogens is 3. The van der Waals surface area contributed by atoms with Crippen LogP contribution in [0.15, 0.2) is 48.5 Å². The highest BCUT2D eigenvalue weighted by atomic mass is 32.2. The first-order valence-corrected chi connectivity index (χ1v) is 10.2. The molecule has 0 saturated carbocycles. The summed E-state index contributed by atoms with van der Waals surface area (Å²) in [5.41, 5.74) is -1.05. The maximum absolute atomic E-state index is 12.9. The van der Waals surface area contributed by atoms with Gasteiger partial charge in [-0.15, -0.1) is 0 Å². The van der Waals surface area contributed by atoms with Gasteiger partial charge in [-0.2, -0.15) is 18.4 Å². The monoisotopic (exact) mass is 455 g/mol. The fraction of sp³-hybridized carbons (Fsp3) is 0.211. The third-order valence-corrected chi connectivity index (χ3v) is 4.98. The Balaban J connectivity index is 2.29. The number of nitrogens with zero attached hydrogens (tertiary/aromatic N) is 1. The van der Waals surface area contributed by atoms with E-state index in [9.17, 15) is 36.3 Å². The first-order chi connectivity index (χ1) is 14.4. The molecule has 164 valence electrons. The summed E-state index contributed by atoms with van der Waals surface area (Å²) in [5.74, 6) is -3.30. The van der Waals surface area contributed by atoms with Crippen LogP contribution in [0.4, 0.5) is 13.2 Å². The summed E-state index contributed by atoms with van der Waals surface area (Å²) in [5, 5.41) is 20.1. The highest BCUT2D eigenvalue weighted by Crippen LogP contribution is 2.29. The second-order valence-corrected chi connectivity index (χ2v) is 8.08. The van der Waals surface area contributed by atoms with Crippen molar-refractivity contribution in [1.82, 2.24) is 10.0 Å². The van der Waals surface area contributed by atoms with E-state index in [2.05, 4.69) is 5.32 Å². The number of aromatic hydroxyl groups is 1. The van der Waals surface area contributed by atoms with Crippen molar-refractivity contribution in [2.24, 2.45) is 0 Å². The van der Waals surface area contributed by atoms with Crippen LogP contribution in [-0.2, 0) is 27.4 Å². The largest absolute Gasteiger partial charge is 0.508 e. The lowest BCUT2D eigenvalue weighted by molar-refractivity contribution is -0.137. The van der Waals surface area contributed by atoms with Gasteiger partial charge in [0.1, 0.15) is 11.8 Å². The van der Waals surface area contributed by atoms with E-state index in [1.807, 2.05) is 0 Å². The first-order valence-electron chi connectivity index (χ1n) is 8.58. The second-order valence-electron chi connectivity index (χ2n) is 6.36. The van der Waals surface area contributed by atoms with E-state index in [-0.39, 0.29) is 12.2 Å². The highest BCUT2D eigenvalue weighted by molar-refractivity contribution is 7.90. The number of sulfonamides is 1. The van der Waals surface area contributed by atoms with Gasteiger partial charge in [-0.25, -0.2) is 8.42 Å². The molecular formula is C19H16F3N3O5S. The van der Waals surface area contributed by atoms with E-state index in [1.165, 1.54) is 30.3 Å². The van der Waals surface area contributed by atoms with Gasteiger partial charge in [0.2, 0.25) is 10.0 Å². The average molecular weight is 455 g/mol. The molecule has 0 aromatic heterocycles. The van der Waals surface area contributed by atoms with Crippen LogP contribution in [0.2, 0.25) is 0 Å². The Morgan fingerprint density at radius 1 is 1.13 bits per heavy atom. The summed E-state index contributed by atoms with van der Waals surface area (Å²) in [6, 6.07) is 8.78. The van der Waals surface area contributed by atoms with Gasteiger partial charge in [-0.3, -0.25) is 14.3 Å². The average Bonchev–Trinajstić information content (AvgIpc) is 2.68. The zero-order valence-corrected chi connectivity index (χ0v) is 16.5. The van der Waals surface area contributed by atoms with Crippen molar-refractivity contribution in [2.45, 2.75) is 18.6 Å². The Kier molecular flexibility index (Phi) is 7.24. The molecular weight excluding hydrogens is 439 g/mol. The summed E-state index contributed by atoms with van der Waals surface area (Å²) in [4.78, 5) is 24.9. The van der Waals surface area contributed by atoms with E-state index >= 15 is 0 Å². The molecule has 2 amide bonds. The molecule has 0 heterocycles. The van der Waals surface area contributed by atoms with Crippen LogP contribution in [0.1, 0.15) is 21.5 Å². The van der Waals surface area contributed by atoms with E-state index in [4.69, 9.17) is 5.26 Å². The van der Waals surface area contributed by atoms with Crippen molar-refractivity contribution >= 4 is 21.8 Å². The molecule has 0 spiro atoms. The molecule has 2 aromatic rings. The minimum absolute atomic E-state index is 0.0747. The van der Waals surface area contributed by atoms with Crippen molar-refractivity contribution in [3.05, 3.63) is 65.2 Å². The number of nitriles is 1. The number of alkyl halides is 3. The Morgan fingerprint density at radius 3 is 2.35 bits per heavy atom. The van der Waals surface area contributed by atoms with Gasteiger partial charge in [-0.1, -0.05) is 18.2 Å². The third kappa shape index (κ3) is 7.00. The minimum Gasteiger partial charge on any atom is -0.508 e. The molecule has 2 rings (SSSR count). The molecule has 1 atom stereocenters. The van der Waals surface area contributed by atoms with Crippen LogP contribution in [0.3, 0.4) is 0 Å². The molecule has 0 aliphatic rings. The first kappa shape index (κ1) is 23.7. The van der Waals surface area contributed by atoms with Gasteiger partial charge >= 0.3 is 6.18 Å². The zero-order chi connectivity index (χ0) is 23.2. The third-order valence-electron chi connectivity index (χ3n) is 3.96. The molecule has 0 bridgehead atoms. The van der Waals surface area contributed by atoms with Crippen molar-refractivity contribution in [3.63, 3.8) is 0 Å². The van der Waals surface area contributed by atoms with Gasteiger partial charge < -0.3 is 10.4 Å². The number of hydrogen-bond donors (Lipinski definition) is 3. The van der Waals surface area contributed by atoms with Crippen LogP contribution in [0, 0.1) is 11.3 Å². The van der Waals surface area contributed by atoms with Crippen molar-refractivity contribution in [3.8, 4) is 11.8 Å². The Labute approximate surface area is 175 Å². The van der Waals surface area contributed by atoms with Gasteiger partial charge in [0.15, 0.2) is 5.75 Å². The summed E-state index contributed by atoms with van der Waals surface area (Å²) in [6.45, 7) is 0. The lowest BCUT2D eigenvalue weighted by Crippen LogP contribution is -2.49. The van der Waals surface area contributed by atoms with Crippen LogP contribution < -0.4 is 10.0 Å². The van der Waals surface area contributed by atoms with Gasteiger partial charge in [0.05, 0.1) is 11.6 Å². The number of phenolic OH excluding ortho intramolecular Hbond substituents is 1. The topological polar surface area (TPSA) is 136 Å². The Bertz CT molecular complexity index is 1110. The minimum atomic E-state index is -4.69. The molecule has 0 radical (unpaired) electrons. The quantitative estimate of drug-likeness (QED) is 0.582. The molecule has 0 aliphatic heterocycles. The van der Waals surface area contributed by atoms with E-state index in [0.29, 0.717) is 11.6 Å².